The molecular formula is C20H17Br2NO3. The van der Waals surface area contributed by atoms with Crippen LogP contribution in [0.5, 0.6) is 0 Å². The van der Waals surface area contributed by atoms with Gasteiger partial charge in [-0.3, -0.25) is 4.79 Å². The van der Waals surface area contributed by atoms with E-state index in [2.05, 4.69) is 37.2 Å². The number of carbonyl (C=O) groups excluding carboxylic acids is 1. The molecule has 3 rings (SSSR count). The zero-order chi connectivity index (χ0) is 18.8. The van der Waals surface area contributed by atoms with Gasteiger partial charge in [0.1, 0.15) is 5.56 Å². The van der Waals surface area contributed by atoms with E-state index in [0.29, 0.717) is 15.4 Å². The standard InChI is InChI=1S/C20H17Br2NO3/c1-3-11-6-5-7-12(4-2)17(11)23-19(24)15-9-13-8-14(21)10-16(22)18(13)26-20(15)25/h5-10H,3-4H2,1-2H3,(H,23,24). The lowest BCUT2D eigenvalue weighted by molar-refractivity contribution is 0.102. The highest BCUT2D eigenvalue weighted by molar-refractivity contribution is 9.11. The Morgan fingerprint density at radius 2 is 1.73 bits per heavy atom. The van der Waals surface area contributed by atoms with Crippen LogP contribution in [0.3, 0.4) is 0 Å². The van der Waals surface area contributed by atoms with Gasteiger partial charge in [-0.05, 0) is 58.1 Å². The van der Waals surface area contributed by atoms with E-state index in [1.165, 1.54) is 0 Å². The van der Waals surface area contributed by atoms with Gasteiger partial charge in [-0.1, -0.05) is 48.0 Å². The number of aryl methyl sites for hydroxylation is 2. The fraction of sp³-hybridized carbons (Fsp3) is 0.200. The molecule has 134 valence electrons. The summed E-state index contributed by atoms with van der Waals surface area (Å²) in [6, 6.07) is 11.1. The van der Waals surface area contributed by atoms with Crippen molar-refractivity contribution in [1.29, 1.82) is 0 Å². The average Bonchev–Trinajstić information content (AvgIpc) is 2.62. The van der Waals surface area contributed by atoms with Crippen LogP contribution in [-0.2, 0) is 12.8 Å². The Morgan fingerprint density at radius 3 is 2.35 bits per heavy atom. The number of nitrogens with one attached hydrogen (secondary N) is 1. The molecule has 0 aliphatic heterocycles. The number of anilines is 1. The monoisotopic (exact) mass is 477 g/mol. The molecule has 26 heavy (non-hydrogen) atoms. The van der Waals surface area contributed by atoms with Gasteiger partial charge in [-0.25, -0.2) is 4.79 Å². The summed E-state index contributed by atoms with van der Waals surface area (Å²) >= 11 is 6.78. The van der Waals surface area contributed by atoms with E-state index in [9.17, 15) is 9.59 Å². The number of benzene rings is 2. The number of hydrogen-bond acceptors (Lipinski definition) is 3. The van der Waals surface area contributed by atoms with Gasteiger partial charge in [-0.2, -0.15) is 0 Å². The van der Waals surface area contributed by atoms with Gasteiger partial charge in [0.15, 0.2) is 5.58 Å². The molecule has 6 heteroatoms. The summed E-state index contributed by atoms with van der Waals surface area (Å²) in [6.45, 7) is 4.06. The Labute approximate surface area is 167 Å². The third kappa shape index (κ3) is 3.62. The van der Waals surface area contributed by atoms with Crippen LogP contribution in [0.4, 0.5) is 5.69 Å². The van der Waals surface area contributed by atoms with Crippen LogP contribution in [0.2, 0.25) is 0 Å². The van der Waals surface area contributed by atoms with Gasteiger partial charge in [-0.15, -0.1) is 0 Å². The molecule has 1 amide bonds. The minimum Gasteiger partial charge on any atom is -0.421 e. The van der Waals surface area contributed by atoms with Gasteiger partial charge in [0, 0.05) is 15.5 Å². The van der Waals surface area contributed by atoms with Crippen LogP contribution in [0.25, 0.3) is 11.0 Å². The Bertz CT molecular complexity index is 1030. The van der Waals surface area contributed by atoms with E-state index in [1.54, 1.807) is 18.2 Å². The summed E-state index contributed by atoms with van der Waals surface area (Å²) in [6.07, 6.45) is 1.57. The minimum atomic E-state index is -0.662. The molecule has 0 bridgehead atoms. The van der Waals surface area contributed by atoms with Crippen molar-refractivity contribution >= 4 is 54.4 Å². The van der Waals surface area contributed by atoms with E-state index in [4.69, 9.17) is 4.42 Å². The Balaban J connectivity index is 2.07. The number of hydrogen-bond donors (Lipinski definition) is 1. The molecule has 1 N–H and O–H groups in total. The number of para-hydroxylation sites is 1. The molecule has 0 atom stereocenters. The maximum Gasteiger partial charge on any atom is 0.349 e. The first-order valence-corrected chi connectivity index (χ1v) is 9.88. The van der Waals surface area contributed by atoms with Crippen LogP contribution in [-0.4, -0.2) is 5.91 Å². The van der Waals surface area contributed by atoms with E-state index >= 15 is 0 Å². The van der Waals surface area contributed by atoms with Crippen molar-refractivity contribution in [2.45, 2.75) is 26.7 Å². The molecule has 0 saturated heterocycles. The number of fused-ring (bicyclic) bond motifs is 1. The van der Waals surface area contributed by atoms with Gasteiger partial charge in [0.05, 0.1) is 4.47 Å². The Hall–Kier alpha value is -1.92. The first-order valence-electron chi connectivity index (χ1n) is 8.29. The zero-order valence-electron chi connectivity index (χ0n) is 14.4. The summed E-state index contributed by atoms with van der Waals surface area (Å²) in [5.74, 6) is -0.465. The average molecular weight is 479 g/mol. The topological polar surface area (TPSA) is 59.3 Å². The van der Waals surface area contributed by atoms with Gasteiger partial charge < -0.3 is 9.73 Å². The SMILES string of the molecule is CCc1cccc(CC)c1NC(=O)c1cc2cc(Br)cc(Br)c2oc1=O. The van der Waals surface area contributed by atoms with E-state index in [-0.39, 0.29) is 5.56 Å². The molecule has 3 aromatic rings. The van der Waals surface area contributed by atoms with Crippen molar-refractivity contribution in [1.82, 2.24) is 0 Å². The summed E-state index contributed by atoms with van der Waals surface area (Å²) < 4.78 is 6.84. The molecule has 1 heterocycles. The largest absolute Gasteiger partial charge is 0.421 e. The Morgan fingerprint density at radius 1 is 1.08 bits per heavy atom. The predicted molar refractivity (Wildman–Crippen MR) is 111 cm³/mol. The first kappa shape index (κ1) is 18.9. The van der Waals surface area contributed by atoms with Crippen molar-refractivity contribution in [3.05, 3.63) is 72.5 Å². The van der Waals surface area contributed by atoms with Crippen molar-refractivity contribution in [2.24, 2.45) is 0 Å². The van der Waals surface area contributed by atoms with E-state index < -0.39 is 11.5 Å². The van der Waals surface area contributed by atoms with Gasteiger partial charge in [0.25, 0.3) is 5.91 Å². The summed E-state index contributed by atoms with van der Waals surface area (Å²) in [7, 11) is 0. The summed E-state index contributed by atoms with van der Waals surface area (Å²) in [5, 5.41) is 3.57. The zero-order valence-corrected chi connectivity index (χ0v) is 17.5. The van der Waals surface area contributed by atoms with Crippen LogP contribution < -0.4 is 10.9 Å². The number of halogens is 2. The lowest BCUT2D eigenvalue weighted by Gasteiger charge is -2.14. The van der Waals surface area contributed by atoms with E-state index in [1.807, 2.05) is 32.0 Å². The second-order valence-electron chi connectivity index (χ2n) is 5.87. The lowest BCUT2D eigenvalue weighted by Crippen LogP contribution is -2.22. The maximum atomic E-state index is 12.8. The normalized spacial score (nSPS) is 10.9. The molecule has 0 fully saturated rings. The van der Waals surface area contributed by atoms with Gasteiger partial charge >= 0.3 is 5.63 Å². The molecule has 0 saturated carbocycles. The highest BCUT2D eigenvalue weighted by Crippen LogP contribution is 2.28. The Kier molecular flexibility index (Phi) is 5.63. The van der Waals surface area contributed by atoms with Crippen LogP contribution in [0.15, 0.2) is 54.6 Å². The quantitative estimate of drug-likeness (QED) is 0.489. The summed E-state index contributed by atoms with van der Waals surface area (Å²) in [5.41, 5.74) is 2.58. The molecule has 0 aliphatic rings. The number of carbonyl (C=O) groups is 1. The van der Waals surface area contributed by atoms with Crippen molar-refractivity contribution in [2.75, 3.05) is 5.32 Å². The molecular weight excluding hydrogens is 462 g/mol. The van der Waals surface area contributed by atoms with Crippen molar-refractivity contribution in [3.63, 3.8) is 0 Å². The third-order valence-electron chi connectivity index (χ3n) is 4.23. The second kappa shape index (κ2) is 7.76. The predicted octanol–water partition coefficient (Wildman–Crippen LogP) is 5.70. The fourth-order valence-electron chi connectivity index (χ4n) is 2.90. The van der Waals surface area contributed by atoms with Crippen molar-refractivity contribution < 1.29 is 9.21 Å². The van der Waals surface area contributed by atoms with Gasteiger partial charge in [0.2, 0.25) is 0 Å². The van der Waals surface area contributed by atoms with E-state index in [0.717, 1.165) is 34.1 Å². The lowest BCUT2D eigenvalue weighted by atomic mass is 10.0. The number of rotatable bonds is 4. The molecule has 0 radical (unpaired) electrons. The molecule has 1 aromatic heterocycles. The van der Waals surface area contributed by atoms with Crippen LogP contribution >= 0.6 is 31.9 Å². The molecule has 0 unspecified atom stereocenters. The highest BCUT2D eigenvalue weighted by Gasteiger charge is 2.18. The van der Waals surface area contributed by atoms with Crippen molar-refractivity contribution in [3.8, 4) is 0 Å². The second-order valence-corrected chi connectivity index (χ2v) is 7.64. The third-order valence-corrected chi connectivity index (χ3v) is 5.28. The molecule has 0 spiro atoms. The first-order chi connectivity index (χ1) is 12.4. The molecule has 2 aromatic carbocycles. The fourth-order valence-corrected chi connectivity index (χ4v) is 4.24. The number of amides is 1. The van der Waals surface area contributed by atoms with Crippen LogP contribution in [0.1, 0.15) is 35.3 Å². The minimum absolute atomic E-state index is 0.0181. The maximum absolute atomic E-state index is 12.8. The highest BCUT2D eigenvalue weighted by atomic mass is 79.9. The summed E-state index contributed by atoms with van der Waals surface area (Å²) in [4.78, 5) is 25.1. The molecule has 0 aliphatic carbocycles. The molecule has 4 nitrogen and oxygen atoms in total. The smallest absolute Gasteiger partial charge is 0.349 e. The van der Waals surface area contributed by atoms with Crippen LogP contribution in [0, 0.1) is 0 Å².